The van der Waals surface area contributed by atoms with Crippen LogP contribution in [-0.2, 0) is 12.7 Å². The second-order valence-corrected chi connectivity index (χ2v) is 4.60. The Hall–Kier alpha value is -1.56. The lowest BCUT2D eigenvalue weighted by atomic mass is 10.2. The number of hydrogen-bond acceptors (Lipinski definition) is 3. The molecule has 0 atom stereocenters. The third kappa shape index (κ3) is 3.01. The van der Waals surface area contributed by atoms with Crippen LogP contribution in [0.25, 0.3) is 0 Å². The van der Waals surface area contributed by atoms with Gasteiger partial charge in [-0.25, -0.2) is 4.98 Å². The summed E-state index contributed by atoms with van der Waals surface area (Å²) in [5.41, 5.74) is 2.74. The van der Waals surface area contributed by atoms with Crippen molar-refractivity contribution in [2.45, 2.75) is 12.7 Å². The number of anilines is 1. The molecule has 2 aromatic rings. The number of rotatable bonds is 3. The zero-order chi connectivity index (χ0) is 13.2. The maximum Gasteiger partial charge on any atom is 0.416 e. The Morgan fingerprint density at radius 3 is 2.39 bits per heavy atom. The number of thiazole rings is 1. The molecule has 0 N–H and O–H groups in total. The second kappa shape index (κ2) is 4.97. The van der Waals surface area contributed by atoms with Crippen molar-refractivity contribution < 1.29 is 13.2 Å². The minimum atomic E-state index is -4.29. The van der Waals surface area contributed by atoms with E-state index in [1.54, 1.807) is 5.51 Å². The van der Waals surface area contributed by atoms with Gasteiger partial charge in [-0.15, -0.1) is 11.3 Å². The van der Waals surface area contributed by atoms with Gasteiger partial charge in [-0.2, -0.15) is 13.2 Å². The molecule has 2 rings (SSSR count). The van der Waals surface area contributed by atoms with Crippen LogP contribution in [0, 0.1) is 0 Å². The topological polar surface area (TPSA) is 16.1 Å². The summed E-state index contributed by atoms with van der Waals surface area (Å²) in [6, 6.07) is 5.12. The third-order valence-corrected chi connectivity index (χ3v) is 3.15. The molecule has 18 heavy (non-hydrogen) atoms. The molecule has 0 fully saturated rings. The van der Waals surface area contributed by atoms with Gasteiger partial charge in [0.05, 0.1) is 23.3 Å². The highest BCUT2D eigenvalue weighted by atomic mass is 32.1. The third-order valence-electron chi connectivity index (χ3n) is 2.52. The first-order chi connectivity index (χ1) is 8.47. The van der Waals surface area contributed by atoms with Crippen molar-refractivity contribution in [1.29, 1.82) is 0 Å². The van der Waals surface area contributed by atoms with E-state index in [1.165, 1.54) is 23.5 Å². The van der Waals surface area contributed by atoms with Gasteiger partial charge >= 0.3 is 6.18 Å². The molecule has 0 saturated heterocycles. The lowest BCUT2D eigenvalue weighted by Gasteiger charge is -2.18. The first kappa shape index (κ1) is 12.9. The average Bonchev–Trinajstić information content (AvgIpc) is 2.81. The predicted octanol–water partition coefficient (Wildman–Crippen LogP) is 3.80. The zero-order valence-electron chi connectivity index (χ0n) is 9.61. The highest BCUT2D eigenvalue weighted by molar-refractivity contribution is 7.07. The number of hydrogen-bond donors (Lipinski definition) is 0. The van der Waals surface area contributed by atoms with Crippen molar-refractivity contribution in [2.24, 2.45) is 0 Å². The number of halogens is 3. The second-order valence-electron chi connectivity index (χ2n) is 3.88. The summed E-state index contributed by atoms with van der Waals surface area (Å²) in [6.07, 6.45) is -4.29. The smallest absolute Gasteiger partial charge is 0.369 e. The van der Waals surface area contributed by atoms with Crippen molar-refractivity contribution >= 4 is 17.0 Å². The van der Waals surface area contributed by atoms with Gasteiger partial charge in [0.25, 0.3) is 0 Å². The van der Waals surface area contributed by atoms with Crippen molar-refractivity contribution in [3.05, 3.63) is 46.4 Å². The van der Waals surface area contributed by atoms with E-state index in [2.05, 4.69) is 4.98 Å². The van der Waals surface area contributed by atoms with Crippen LogP contribution in [0.15, 0.2) is 35.2 Å². The van der Waals surface area contributed by atoms with E-state index in [-0.39, 0.29) is 0 Å². The number of alkyl halides is 3. The standard InChI is InChI=1S/C12H11F3N2S/c1-17(6-10-7-18-8-16-10)11-4-2-9(3-5-11)12(13,14)15/h2-5,7-8H,6H2,1H3. The van der Waals surface area contributed by atoms with Crippen LogP contribution >= 0.6 is 11.3 Å². The molecule has 2 nitrogen and oxygen atoms in total. The Kier molecular flexibility index (Phi) is 3.56. The van der Waals surface area contributed by atoms with Crippen LogP contribution in [0.5, 0.6) is 0 Å². The fourth-order valence-electron chi connectivity index (χ4n) is 1.55. The molecular formula is C12H11F3N2S. The summed E-state index contributed by atoms with van der Waals surface area (Å²) >= 11 is 1.50. The highest BCUT2D eigenvalue weighted by Crippen LogP contribution is 2.30. The van der Waals surface area contributed by atoms with Gasteiger partial charge in [-0.3, -0.25) is 0 Å². The summed E-state index contributed by atoms with van der Waals surface area (Å²) in [4.78, 5) is 5.99. The van der Waals surface area contributed by atoms with Crippen LogP contribution in [-0.4, -0.2) is 12.0 Å². The quantitative estimate of drug-likeness (QED) is 0.845. The van der Waals surface area contributed by atoms with E-state index in [1.807, 2.05) is 17.3 Å². The van der Waals surface area contributed by atoms with Gasteiger partial charge in [-0.05, 0) is 24.3 Å². The van der Waals surface area contributed by atoms with E-state index in [9.17, 15) is 13.2 Å². The van der Waals surface area contributed by atoms with Crippen LogP contribution in [0.4, 0.5) is 18.9 Å². The number of aromatic nitrogens is 1. The van der Waals surface area contributed by atoms with Gasteiger partial charge in [0.1, 0.15) is 0 Å². The lowest BCUT2D eigenvalue weighted by molar-refractivity contribution is -0.137. The molecule has 0 saturated carbocycles. The Morgan fingerprint density at radius 1 is 1.22 bits per heavy atom. The van der Waals surface area contributed by atoms with Crippen LogP contribution < -0.4 is 4.90 Å². The maximum atomic E-state index is 12.4. The van der Waals surface area contributed by atoms with Crippen LogP contribution in [0.1, 0.15) is 11.3 Å². The largest absolute Gasteiger partial charge is 0.416 e. The molecule has 0 aliphatic rings. The molecule has 96 valence electrons. The number of benzene rings is 1. The Morgan fingerprint density at radius 2 is 1.89 bits per heavy atom. The molecular weight excluding hydrogens is 261 g/mol. The molecule has 1 aromatic heterocycles. The van der Waals surface area contributed by atoms with Gasteiger partial charge < -0.3 is 4.90 Å². The maximum absolute atomic E-state index is 12.4. The number of nitrogens with zero attached hydrogens (tertiary/aromatic N) is 2. The molecule has 0 bridgehead atoms. The summed E-state index contributed by atoms with van der Waals surface area (Å²) in [5.74, 6) is 0. The molecule has 0 amide bonds. The fourth-order valence-corrected chi connectivity index (χ4v) is 2.10. The van der Waals surface area contributed by atoms with Gasteiger partial charge in [0.15, 0.2) is 0 Å². The van der Waals surface area contributed by atoms with Crippen LogP contribution in [0.2, 0.25) is 0 Å². The highest BCUT2D eigenvalue weighted by Gasteiger charge is 2.30. The van der Waals surface area contributed by atoms with Gasteiger partial charge in [0, 0.05) is 18.1 Å². The molecule has 0 aliphatic heterocycles. The van der Waals surface area contributed by atoms with E-state index in [0.717, 1.165) is 23.5 Å². The van der Waals surface area contributed by atoms with Crippen LogP contribution in [0.3, 0.4) is 0 Å². The van der Waals surface area contributed by atoms with Crippen molar-refractivity contribution in [2.75, 3.05) is 11.9 Å². The fraction of sp³-hybridized carbons (Fsp3) is 0.250. The average molecular weight is 272 g/mol. The summed E-state index contributed by atoms with van der Waals surface area (Å²) in [6.45, 7) is 0.578. The van der Waals surface area contributed by atoms with Crippen molar-refractivity contribution in [3.63, 3.8) is 0 Å². The normalized spacial score (nSPS) is 11.6. The molecule has 0 spiro atoms. The minimum Gasteiger partial charge on any atom is -0.369 e. The molecule has 0 radical (unpaired) electrons. The van der Waals surface area contributed by atoms with Crippen molar-refractivity contribution in [3.8, 4) is 0 Å². The summed E-state index contributed by atoms with van der Waals surface area (Å²) in [7, 11) is 1.82. The predicted molar refractivity (Wildman–Crippen MR) is 65.7 cm³/mol. The minimum absolute atomic E-state index is 0.578. The SMILES string of the molecule is CN(Cc1cscn1)c1ccc(C(F)(F)F)cc1. The van der Waals surface area contributed by atoms with E-state index < -0.39 is 11.7 Å². The molecule has 1 heterocycles. The Labute approximate surface area is 107 Å². The van der Waals surface area contributed by atoms with Crippen molar-refractivity contribution in [1.82, 2.24) is 4.98 Å². The Bertz CT molecular complexity index is 491. The lowest BCUT2D eigenvalue weighted by Crippen LogP contribution is -2.16. The van der Waals surface area contributed by atoms with Gasteiger partial charge in [-0.1, -0.05) is 0 Å². The molecule has 6 heteroatoms. The first-order valence-corrected chi connectivity index (χ1v) is 6.16. The first-order valence-electron chi connectivity index (χ1n) is 5.22. The summed E-state index contributed by atoms with van der Waals surface area (Å²) in [5, 5.41) is 1.92. The monoisotopic (exact) mass is 272 g/mol. The molecule has 1 aromatic carbocycles. The van der Waals surface area contributed by atoms with E-state index >= 15 is 0 Å². The summed E-state index contributed by atoms with van der Waals surface area (Å²) < 4.78 is 37.2. The Balaban J connectivity index is 2.10. The van der Waals surface area contributed by atoms with E-state index in [4.69, 9.17) is 0 Å². The van der Waals surface area contributed by atoms with Gasteiger partial charge in [0.2, 0.25) is 0 Å². The molecule has 0 aliphatic carbocycles. The molecule has 0 unspecified atom stereocenters. The zero-order valence-corrected chi connectivity index (χ0v) is 10.4. The van der Waals surface area contributed by atoms with E-state index in [0.29, 0.717) is 6.54 Å².